The molecule has 178 valence electrons. The Kier molecular flexibility index (Phi) is 13.9. The van der Waals surface area contributed by atoms with Crippen molar-refractivity contribution in [3.63, 3.8) is 0 Å². The first kappa shape index (κ1) is 28.4. The molecule has 10 nitrogen and oxygen atoms in total. The van der Waals surface area contributed by atoms with E-state index in [1.54, 1.807) is 27.7 Å². The van der Waals surface area contributed by atoms with Crippen molar-refractivity contribution in [2.75, 3.05) is 13.7 Å². The van der Waals surface area contributed by atoms with Gasteiger partial charge in [-0.2, -0.15) is 0 Å². The number of ether oxygens (including phenoxy) is 5. The second kappa shape index (κ2) is 15.2. The van der Waals surface area contributed by atoms with E-state index in [0.717, 1.165) is 0 Å². The molecule has 0 amide bonds. The van der Waals surface area contributed by atoms with Crippen LogP contribution in [0.3, 0.4) is 0 Å². The van der Waals surface area contributed by atoms with Crippen molar-refractivity contribution in [1.29, 1.82) is 0 Å². The smallest absolute Gasteiger partial charge is 0.306 e. The van der Waals surface area contributed by atoms with Gasteiger partial charge in [-0.1, -0.05) is 27.7 Å². The summed E-state index contributed by atoms with van der Waals surface area (Å²) in [5.74, 6) is -2.49. The highest BCUT2D eigenvalue weighted by molar-refractivity contribution is 5.71. The SMILES string of the molecule is C/C=C(/OC)[C@H](OC(=O)CC)[C@@H](OC(=O)CC)[C@H](OC(=O)CC)[C@H](O)COC(=O)CC. The third kappa shape index (κ3) is 9.82. The van der Waals surface area contributed by atoms with Gasteiger partial charge in [0, 0.05) is 25.7 Å². The molecular weight excluding hydrogens is 412 g/mol. The summed E-state index contributed by atoms with van der Waals surface area (Å²) in [4.78, 5) is 47.8. The van der Waals surface area contributed by atoms with E-state index in [1.807, 2.05) is 0 Å². The maximum atomic E-state index is 12.1. The molecule has 0 aromatic heterocycles. The zero-order valence-corrected chi connectivity index (χ0v) is 19.0. The van der Waals surface area contributed by atoms with Crippen molar-refractivity contribution < 1.29 is 48.0 Å². The molecule has 0 aliphatic carbocycles. The topological polar surface area (TPSA) is 135 Å². The minimum Gasteiger partial charge on any atom is -0.497 e. The van der Waals surface area contributed by atoms with Gasteiger partial charge in [-0.25, -0.2) is 0 Å². The predicted molar refractivity (Wildman–Crippen MR) is 109 cm³/mol. The first-order valence-corrected chi connectivity index (χ1v) is 10.3. The molecule has 0 aromatic rings. The third-order valence-electron chi connectivity index (χ3n) is 4.17. The first-order valence-electron chi connectivity index (χ1n) is 10.3. The molecule has 4 atom stereocenters. The average Bonchev–Trinajstić information content (AvgIpc) is 2.78. The van der Waals surface area contributed by atoms with Crippen LogP contribution in [0.1, 0.15) is 60.3 Å². The van der Waals surface area contributed by atoms with E-state index in [1.165, 1.54) is 20.1 Å². The van der Waals surface area contributed by atoms with E-state index in [-0.39, 0.29) is 31.4 Å². The summed E-state index contributed by atoms with van der Waals surface area (Å²) >= 11 is 0. The van der Waals surface area contributed by atoms with Crippen LogP contribution in [-0.2, 0) is 42.9 Å². The van der Waals surface area contributed by atoms with Crippen LogP contribution >= 0.6 is 0 Å². The third-order valence-corrected chi connectivity index (χ3v) is 4.17. The van der Waals surface area contributed by atoms with E-state index < -0.39 is 54.9 Å². The van der Waals surface area contributed by atoms with E-state index in [4.69, 9.17) is 23.7 Å². The zero-order valence-electron chi connectivity index (χ0n) is 19.0. The number of carbonyl (C=O) groups excluding carboxylic acids is 4. The Balaban J connectivity index is 6.27. The largest absolute Gasteiger partial charge is 0.497 e. The molecule has 0 aliphatic heterocycles. The molecule has 31 heavy (non-hydrogen) atoms. The first-order chi connectivity index (χ1) is 14.7. The van der Waals surface area contributed by atoms with Gasteiger partial charge < -0.3 is 28.8 Å². The Morgan fingerprint density at radius 1 is 0.774 bits per heavy atom. The summed E-state index contributed by atoms with van der Waals surface area (Å²) in [6.07, 6.45) is -4.34. The lowest BCUT2D eigenvalue weighted by Gasteiger charge is -2.35. The summed E-state index contributed by atoms with van der Waals surface area (Å²) in [5.41, 5.74) is 0. The molecule has 0 saturated carbocycles. The summed E-state index contributed by atoms with van der Waals surface area (Å²) in [6.45, 7) is 7.31. The Morgan fingerprint density at radius 2 is 1.23 bits per heavy atom. The fraction of sp³-hybridized carbons (Fsp3) is 0.714. The van der Waals surface area contributed by atoms with Crippen LogP contribution in [0.2, 0.25) is 0 Å². The fourth-order valence-corrected chi connectivity index (χ4v) is 2.42. The van der Waals surface area contributed by atoms with E-state index in [0.29, 0.717) is 0 Å². The Labute approximate surface area is 182 Å². The lowest BCUT2D eigenvalue weighted by molar-refractivity contribution is -0.197. The minimum absolute atomic E-state index is 0.0156. The second-order valence-corrected chi connectivity index (χ2v) is 6.38. The molecule has 0 aromatic carbocycles. The van der Waals surface area contributed by atoms with Gasteiger partial charge in [0.1, 0.15) is 18.5 Å². The number of methoxy groups -OCH3 is 1. The van der Waals surface area contributed by atoms with Crippen LogP contribution in [0.15, 0.2) is 11.8 Å². The van der Waals surface area contributed by atoms with Crippen LogP contribution in [-0.4, -0.2) is 67.1 Å². The molecule has 0 radical (unpaired) electrons. The van der Waals surface area contributed by atoms with E-state index in [9.17, 15) is 24.3 Å². The van der Waals surface area contributed by atoms with Gasteiger partial charge >= 0.3 is 23.9 Å². The van der Waals surface area contributed by atoms with Crippen LogP contribution in [0.25, 0.3) is 0 Å². The zero-order chi connectivity index (χ0) is 24.0. The summed E-state index contributed by atoms with van der Waals surface area (Å²) < 4.78 is 26.4. The van der Waals surface area contributed by atoms with Crippen LogP contribution < -0.4 is 0 Å². The van der Waals surface area contributed by atoms with Crippen molar-refractivity contribution in [3.8, 4) is 0 Å². The molecular formula is C21H34O10. The van der Waals surface area contributed by atoms with Crippen LogP contribution in [0.4, 0.5) is 0 Å². The monoisotopic (exact) mass is 446 g/mol. The van der Waals surface area contributed by atoms with Gasteiger partial charge in [-0.3, -0.25) is 19.2 Å². The van der Waals surface area contributed by atoms with Crippen molar-refractivity contribution in [3.05, 3.63) is 11.8 Å². The van der Waals surface area contributed by atoms with Crippen molar-refractivity contribution in [2.24, 2.45) is 0 Å². The highest BCUT2D eigenvalue weighted by Crippen LogP contribution is 2.24. The van der Waals surface area contributed by atoms with Crippen molar-refractivity contribution in [2.45, 2.75) is 84.7 Å². The Morgan fingerprint density at radius 3 is 1.65 bits per heavy atom. The minimum atomic E-state index is -1.57. The van der Waals surface area contributed by atoms with Gasteiger partial charge in [0.05, 0.1) is 7.11 Å². The Bertz CT molecular complexity index is 628. The van der Waals surface area contributed by atoms with E-state index in [2.05, 4.69) is 0 Å². The molecule has 10 heteroatoms. The molecule has 0 bridgehead atoms. The number of hydrogen-bond acceptors (Lipinski definition) is 10. The quantitative estimate of drug-likeness (QED) is 0.239. The van der Waals surface area contributed by atoms with Gasteiger partial charge in [0.25, 0.3) is 0 Å². The number of carbonyl (C=O) groups is 4. The summed E-state index contributed by atoms with van der Waals surface area (Å²) in [5, 5.41) is 10.7. The molecule has 0 unspecified atom stereocenters. The average molecular weight is 446 g/mol. The maximum Gasteiger partial charge on any atom is 0.306 e. The summed E-state index contributed by atoms with van der Waals surface area (Å²) in [7, 11) is 1.33. The standard InChI is InChI=1S/C21H34O10/c1-7-14(27-6)20(30-17(25)10-4)21(31-18(26)11-5)19(29-16(24)9-3)13(22)12-28-15(23)8-2/h7,13,19-22H,8-12H2,1-6H3/b14-7+/t13-,19-,20+,21+/m1/s1. The van der Waals surface area contributed by atoms with E-state index >= 15 is 0 Å². The molecule has 0 aliphatic rings. The van der Waals surface area contributed by atoms with Gasteiger partial charge in [0.2, 0.25) is 0 Å². The summed E-state index contributed by atoms with van der Waals surface area (Å²) in [6, 6.07) is 0. The highest BCUT2D eigenvalue weighted by Gasteiger charge is 2.44. The number of allylic oxidation sites excluding steroid dienone is 1. The second-order valence-electron chi connectivity index (χ2n) is 6.38. The fourth-order valence-electron chi connectivity index (χ4n) is 2.42. The molecule has 0 heterocycles. The molecule has 0 fully saturated rings. The molecule has 0 saturated heterocycles. The number of aliphatic hydroxyl groups excluding tert-OH is 1. The lowest BCUT2D eigenvalue weighted by Crippen LogP contribution is -2.52. The van der Waals surface area contributed by atoms with Gasteiger partial charge in [-0.15, -0.1) is 0 Å². The molecule has 0 spiro atoms. The number of rotatable bonds is 14. The maximum absolute atomic E-state index is 12.1. The number of esters is 4. The lowest BCUT2D eigenvalue weighted by atomic mass is 10.0. The van der Waals surface area contributed by atoms with Crippen molar-refractivity contribution >= 4 is 23.9 Å². The molecule has 1 N–H and O–H groups in total. The van der Waals surface area contributed by atoms with Gasteiger partial charge in [-0.05, 0) is 13.0 Å². The van der Waals surface area contributed by atoms with Crippen LogP contribution in [0, 0.1) is 0 Å². The highest BCUT2D eigenvalue weighted by atomic mass is 16.6. The van der Waals surface area contributed by atoms with Crippen molar-refractivity contribution in [1.82, 2.24) is 0 Å². The molecule has 0 rings (SSSR count). The number of aliphatic hydroxyl groups is 1. The normalized spacial score (nSPS) is 15.1. The Hall–Kier alpha value is -2.62. The predicted octanol–water partition coefficient (Wildman–Crippen LogP) is 1.82. The van der Waals surface area contributed by atoms with Gasteiger partial charge in [0.15, 0.2) is 18.3 Å². The number of hydrogen-bond donors (Lipinski definition) is 1. The van der Waals surface area contributed by atoms with Crippen LogP contribution in [0.5, 0.6) is 0 Å².